The van der Waals surface area contributed by atoms with Crippen LogP contribution in [0.3, 0.4) is 0 Å². The zero-order valence-electron chi connectivity index (χ0n) is 17.7. The quantitative estimate of drug-likeness (QED) is 0.592. The van der Waals surface area contributed by atoms with Crippen LogP contribution in [0.25, 0.3) is 0 Å². The highest BCUT2D eigenvalue weighted by atomic mass is 32.2. The Hall–Kier alpha value is -2.45. The molecule has 8 heteroatoms. The first-order valence-electron chi connectivity index (χ1n) is 10.6. The minimum absolute atomic E-state index is 0.219. The van der Waals surface area contributed by atoms with Crippen LogP contribution in [0, 0.1) is 11.7 Å². The number of benzene rings is 2. The molecule has 0 atom stereocenters. The van der Waals surface area contributed by atoms with Crippen LogP contribution in [0.1, 0.15) is 43.0 Å². The summed E-state index contributed by atoms with van der Waals surface area (Å²) in [4.78, 5) is 12.5. The van der Waals surface area contributed by atoms with E-state index in [9.17, 15) is 17.6 Å². The maximum absolute atomic E-state index is 12.8. The molecule has 6 nitrogen and oxygen atoms in total. The monoisotopic (exact) mass is 448 g/mol. The van der Waals surface area contributed by atoms with Crippen LogP contribution in [0.4, 0.5) is 4.39 Å². The molecular formula is C23H29FN2O4S. The van der Waals surface area contributed by atoms with E-state index in [-0.39, 0.29) is 16.6 Å². The van der Waals surface area contributed by atoms with E-state index in [0.717, 1.165) is 25.7 Å². The van der Waals surface area contributed by atoms with Crippen molar-refractivity contribution in [2.45, 2.75) is 37.5 Å². The van der Waals surface area contributed by atoms with Crippen LogP contribution < -0.4 is 10.1 Å². The lowest BCUT2D eigenvalue weighted by Crippen LogP contribution is -2.37. The van der Waals surface area contributed by atoms with E-state index in [2.05, 4.69) is 12.2 Å². The van der Waals surface area contributed by atoms with Gasteiger partial charge in [-0.3, -0.25) is 4.79 Å². The lowest BCUT2D eigenvalue weighted by atomic mass is 10.0. The van der Waals surface area contributed by atoms with Gasteiger partial charge in [0.15, 0.2) is 0 Å². The Bertz CT molecular complexity index is 954. The molecule has 1 N–H and O–H groups in total. The maximum Gasteiger partial charge on any atom is 0.251 e. The molecule has 0 aliphatic carbocycles. The van der Waals surface area contributed by atoms with Gasteiger partial charge in [-0.05, 0) is 80.1 Å². The number of nitrogens with one attached hydrogen (secondary N) is 1. The van der Waals surface area contributed by atoms with Gasteiger partial charge in [0.2, 0.25) is 10.0 Å². The van der Waals surface area contributed by atoms with Crippen LogP contribution in [0.5, 0.6) is 5.75 Å². The van der Waals surface area contributed by atoms with E-state index in [4.69, 9.17) is 4.74 Å². The van der Waals surface area contributed by atoms with Gasteiger partial charge in [-0.1, -0.05) is 6.92 Å². The third kappa shape index (κ3) is 6.51. The van der Waals surface area contributed by atoms with Crippen molar-refractivity contribution in [2.24, 2.45) is 5.92 Å². The average molecular weight is 449 g/mol. The van der Waals surface area contributed by atoms with Crippen LogP contribution in [0.15, 0.2) is 53.4 Å². The number of nitrogens with zero attached hydrogens (tertiary/aromatic N) is 1. The summed E-state index contributed by atoms with van der Waals surface area (Å²) < 4.78 is 45.4. The van der Waals surface area contributed by atoms with E-state index < -0.39 is 10.0 Å². The fourth-order valence-corrected chi connectivity index (χ4v) is 4.87. The van der Waals surface area contributed by atoms with E-state index in [1.807, 2.05) is 0 Å². The summed E-state index contributed by atoms with van der Waals surface area (Å²) in [6.07, 6.45) is 3.21. The minimum Gasteiger partial charge on any atom is -0.494 e. The fraction of sp³-hybridized carbons (Fsp3) is 0.435. The number of sulfonamides is 1. The molecule has 1 heterocycles. The van der Waals surface area contributed by atoms with Crippen molar-refractivity contribution in [1.82, 2.24) is 9.62 Å². The molecule has 2 aromatic rings. The summed E-state index contributed by atoms with van der Waals surface area (Å²) in [5.74, 6) is 0.614. The van der Waals surface area contributed by atoms with Gasteiger partial charge in [0.05, 0.1) is 11.5 Å². The summed E-state index contributed by atoms with van der Waals surface area (Å²) in [7, 11) is -3.51. The van der Waals surface area contributed by atoms with Crippen molar-refractivity contribution in [1.29, 1.82) is 0 Å². The number of piperidine rings is 1. The lowest BCUT2D eigenvalue weighted by molar-refractivity contribution is 0.0952. The minimum atomic E-state index is -3.51. The highest BCUT2D eigenvalue weighted by molar-refractivity contribution is 7.89. The lowest BCUT2D eigenvalue weighted by Gasteiger charge is -2.29. The zero-order chi connectivity index (χ0) is 22.3. The first kappa shape index (κ1) is 23.2. The number of unbranched alkanes of at least 4 members (excludes halogenated alkanes) is 1. The molecule has 2 aromatic carbocycles. The average Bonchev–Trinajstić information content (AvgIpc) is 2.77. The predicted molar refractivity (Wildman–Crippen MR) is 117 cm³/mol. The molecule has 1 aliphatic heterocycles. The number of amides is 1. The molecule has 0 aromatic heterocycles. The molecule has 0 unspecified atom stereocenters. The predicted octanol–water partition coefficient (Wildman–Crippen LogP) is 3.84. The van der Waals surface area contributed by atoms with E-state index in [0.29, 0.717) is 43.5 Å². The Labute approximate surface area is 183 Å². The highest BCUT2D eigenvalue weighted by Gasteiger charge is 2.28. The smallest absolute Gasteiger partial charge is 0.251 e. The molecule has 1 fully saturated rings. The Morgan fingerprint density at radius 1 is 1.06 bits per heavy atom. The molecule has 1 saturated heterocycles. The van der Waals surface area contributed by atoms with Gasteiger partial charge in [0, 0.05) is 25.2 Å². The second-order valence-corrected chi connectivity index (χ2v) is 9.81. The largest absolute Gasteiger partial charge is 0.494 e. The summed E-state index contributed by atoms with van der Waals surface area (Å²) in [5, 5.41) is 2.83. The van der Waals surface area contributed by atoms with Gasteiger partial charge in [-0.15, -0.1) is 0 Å². The summed E-state index contributed by atoms with van der Waals surface area (Å²) in [5.41, 5.74) is 0.425. The SMILES string of the molecule is CC1CCN(S(=O)(=O)c2ccc(C(=O)NCCCCOc3ccc(F)cc3)cc2)CC1. The first-order valence-corrected chi connectivity index (χ1v) is 12.1. The fourth-order valence-electron chi connectivity index (χ4n) is 3.40. The normalized spacial score (nSPS) is 15.5. The van der Waals surface area contributed by atoms with Crippen molar-refractivity contribution in [3.63, 3.8) is 0 Å². The van der Waals surface area contributed by atoms with Gasteiger partial charge < -0.3 is 10.1 Å². The van der Waals surface area contributed by atoms with Gasteiger partial charge in [-0.25, -0.2) is 12.8 Å². The number of hydrogen-bond donors (Lipinski definition) is 1. The molecule has 168 valence electrons. The number of hydrogen-bond acceptors (Lipinski definition) is 4. The van der Waals surface area contributed by atoms with E-state index in [1.165, 1.54) is 28.6 Å². The Balaban J connectivity index is 1.41. The van der Waals surface area contributed by atoms with Crippen LogP contribution in [-0.2, 0) is 10.0 Å². The van der Waals surface area contributed by atoms with Gasteiger partial charge in [-0.2, -0.15) is 4.31 Å². The molecule has 1 amide bonds. The van der Waals surface area contributed by atoms with Gasteiger partial charge >= 0.3 is 0 Å². The van der Waals surface area contributed by atoms with Crippen molar-refractivity contribution in [2.75, 3.05) is 26.2 Å². The maximum atomic E-state index is 12.8. The molecule has 1 aliphatic rings. The third-order valence-corrected chi connectivity index (χ3v) is 7.35. The van der Waals surface area contributed by atoms with Crippen LogP contribution >= 0.6 is 0 Å². The second kappa shape index (κ2) is 10.7. The molecule has 0 radical (unpaired) electrons. The van der Waals surface area contributed by atoms with Crippen molar-refractivity contribution < 1.29 is 22.3 Å². The Kier molecular flexibility index (Phi) is 8.03. The first-order chi connectivity index (χ1) is 14.9. The summed E-state index contributed by atoms with van der Waals surface area (Å²) in [6, 6.07) is 11.9. The number of ether oxygens (including phenoxy) is 1. The van der Waals surface area contributed by atoms with Gasteiger partial charge in [0.1, 0.15) is 11.6 Å². The number of rotatable bonds is 9. The van der Waals surface area contributed by atoms with Crippen LogP contribution in [0.2, 0.25) is 0 Å². The van der Waals surface area contributed by atoms with Crippen molar-refractivity contribution in [3.05, 3.63) is 59.9 Å². The molecule has 0 spiro atoms. The van der Waals surface area contributed by atoms with E-state index in [1.54, 1.807) is 24.3 Å². The molecule has 0 saturated carbocycles. The topological polar surface area (TPSA) is 75.7 Å². The van der Waals surface area contributed by atoms with Gasteiger partial charge in [0.25, 0.3) is 5.91 Å². The molecule has 0 bridgehead atoms. The van der Waals surface area contributed by atoms with Crippen molar-refractivity contribution >= 4 is 15.9 Å². The molecule has 3 rings (SSSR count). The Morgan fingerprint density at radius 3 is 2.35 bits per heavy atom. The number of halogens is 1. The van der Waals surface area contributed by atoms with Crippen LogP contribution in [-0.4, -0.2) is 44.9 Å². The summed E-state index contributed by atoms with van der Waals surface area (Å²) in [6.45, 7) is 4.17. The Morgan fingerprint density at radius 2 is 1.71 bits per heavy atom. The molecule has 31 heavy (non-hydrogen) atoms. The number of carbonyl (C=O) groups excluding carboxylic acids is 1. The summed E-state index contributed by atoms with van der Waals surface area (Å²) >= 11 is 0. The molecular weight excluding hydrogens is 419 g/mol. The second-order valence-electron chi connectivity index (χ2n) is 7.88. The standard InChI is InChI=1S/C23H29FN2O4S/c1-18-12-15-26(16-13-18)31(28,29)22-10-4-19(5-11-22)23(27)25-14-2-3-17-30-21-8-6-20(24)7-9-21/h4-11,18H,2-3,12-17H2,1H3,(H,25,27). The number of carbonyl (C=O) groups is 1. The van der Waals surface area contributed by atoms with E-state index >= 15 is 0 Å². The third-order valence-electron chi connectivity index (χ3n) is 5.44. The van der Waals surface area contributed by atoms with Crippen molar-refractivity contribution in [3.8, 4) is 5.75 Å². The zero-order valence-corrected chi connectivity index (χ0v) is 18.5. The highest BCUT2D eigenvalue weighted by Crippen LogP contribution is 2.23.